The number of hydrogen-bond acceptors (Lipinski definition) is 6. The maximum absolute atomic E-state index is 13.5. The first-order valence-electron chi connectivity index (χ1n) is 9.95. The highest BCUT2D eigenvalue weighted by Crippen LogP contribution is 2.38. The van der Waals surface area contributed by atoms with E-state index in [1.54, 1.807) is 55.5 Å². The van der Waals surface area contributed by atoms with E-state index in [9.17, 15) is 18.0 Å². The SMILES string of the molecule is CCN1C(C(=O)N2CCOCC2)=C(OC(=O)c2ccccc2)c2ccccc2S1(=O)=O. The Morgan fingerprint density at radius 3 is 2.32 bits per heavy atom. The average molecular weight is 442 g/mol. The molecule has 31 heavy (non-hydrogen) atoms. The van der Waals surface area contributed by atoms with Crippen LogP contribution in [0.5, 0.6) is 0 Å². The van der Waals surface area contributed by atoms with Gasteiger partial charge in [0.25, 0.3) is 15.9 Å². The summed E-state index contributed by atoms with van der Waals surface area (Å²) >= 11 is 0. The third kappa shape index (κ3) is 3.82. The van der Waals surface area contributed by atoms with Gasteiger partial charge in [-0.1, -0.05) is 30.3 Å². The predicted molar refractivity (Wildman–Crippen MR) is 112 cm³/mol. The van der Waals surface area contributed by atoms with Crippen LogP contribution in [0, 0.1) is 0 Å². The molecule has 0 aromatic heterocycles. The number of esters is 1. The number of ether oxygens (including phenoxy) is 2. The summed E-state index contributed by atoms with van der Waals surface area (Å²) in [5, 5.41) is 0. The van der Waals surface area contributed by atoms with Crippen molar-refractivity contribution in [2.24, 2.45) is 0 Å². The number of carbonyl (C=O) groups is 2. The topological polar surface area (TPSA) is 93.2 Å². The summed E-state index contributed by atoms with van der Waals surface area (Å²) in [7, 11) is -3.99. The van der Waals surface area contributed by atoms with E-state index in [4.69, 9.17) is 9.47 Å². The molecule has 2 aromatic rings. The van der Waals surface area contributed by atoms with Crippen LogP contribution < -0.4 is 0 Å². The van der Waals surface area contributed by atoms with E-state index in [2.05, 4.69) is 0 Å². The molecule has 0 unspecified atom stereocenters. The van der Waals surface area contributed by atoms with E-state index < -0.39 is 21.9 Å². The van der Waals surface area contributed by atoms with Crippen molar-refractivity contribution in [2.75, 3.05) is 32.8 Å². The molecule has 0 atom stereocenters. The second-order valence-corrected chi connectivity index (χ2v) is 8.83. The molecule has 2 aliphatic heterocycles. The predicted octanol–water partition coefficient (Wildman–Crippen LogP) is 2.10. The van der Waals surface area contributed by atoms with Gasteiger partial charge in [0.2, 0.25) is 0 Å². The monoisotopic (exact) mass is 442 g/mol. The van der Waals surface area contributed by atoms with Crippen LogP contribution in [0.4, 0.5) is 0 Å². The zero-order valence-electron chi connectivity index (χ0n) is 17.0. The van der Waals surface area contributed by atoms with Gasteiger partial charge in [-0.25, -0.2) is 13.2 Å². The second kappa shape index (κ2) is 8.52. The molecule has 0 saturated carbocycles. The van der Waals surface area contributed by atoms with E-state index in [-0.39, 0.29) is 28.5 Å². The van der Waals surface area contributed by atoms with Crippen molar-refractivity contribution in [1.29, 1.82) is 0 Å². The minimum absolute atomic E-state index is 0.00811. The molecule has 1 saturated heterocycles. The van der Waals surface area contributed by atoms with E-state index >= 15 is 0 Å². The van der Waals surface area contributed by atoms with Crippen LogP contribution in [-0.4, -0.2) is 62.3 Å². The molecular formula is C22H22N2O6S. The third-order valence-electron chi connectivity index (χ3n) is 5.16. The standard InChI is InChI=1S/C22H22N2O6S/c1-2-24-19(21(25)23-12-14-29-15-13-23)20(30-22(26)16-8-4-3-5-9-16)17-10-6-7-11-18(17)31(24,27)28/h3-11H,2,12-15H2,1H3. The molecule has 0 radical (unpaired) electrons. The van der Waals surface area contributed by atoms with Crippen molar-refractivity contribution in [3.8, 4) is 0 Å². The lowest BCUT2D eigenvalue weighted by atomic mass is 10.1. The Kier molecular flexibility index (Phi) is 5.79. The molecule has 2 heterocycles. The first kappa shape index (κ1) is 21.1. The largest absolute Gasteiger partial charge is 0.420 e. The van der Waals surface area contributed by atoms with E-state index in [0.29, 0.717) is 31.9 Å². The Hall–Kier alpha value is -3.17. The van der Waals surface area contributed by atoms with Gasteiger partial charge in [-0.05, 0) is 31.2 Å². The number of rotatable bonds is 4. The summed E-state index contributed by atoms with van der Waals surface area (Å²) in [6.07, 6.45) is 0. The molecule has 4 rings (SSSR count). The minimum atomic E-state index is -3.99. The Balaban J connectivity index is 1.89. The molecule has 1 amide bonds. The van der Waals surface area contributed by atoms with Crippen LogP contribution in [0.2, 0.25) is 0 Å². The van der Waals surface area contributed by atoms with Gasteiger partial charge in [0.15, 0.2) is 11.5 Å². The van der Waals surface area contributed by atoms with E-state index in [1.165, 1.54) is 11.0 Å². The van der Waals surface area contributed by atoms with Gasteiger partial charge in [-0.15, -0.1) is 0 Å². The molecule has 8 nitrogen and oxygen atoms in total. The maximum atomic E-state index is 13.5. The fraction of sp³-hybridized carbons (Fsp3) is 0.273. The molecule has 0 bridgehead atoms. The lowest BCUT2D eigenvalue weighted by Gasteiger charge is -2.35. The number of sulfonamides is 1. The van der Waals surface area contributed by atoms with E-state index in [1.807, 2.05) is 0 Å². The number of likely N-dealkylation sites (N-methyl/N-ethyl adjacent to an activating group) is 1. The Bertz CT molecular complexity index is 1140. The van der Waals surface area contributed by atoms with Crippen LogP contribution in [-0.2, 0) is 24.3 Å². The van der Waals surface area contributed by atoms with Gasteiger partial charge in [-0.3, -0.25) is 9.10 Å². The second-order valence-electron chi connectivity index (χ2n) is 7.00. The molecule has 0 N–H and O–H groups in total. The summed E-state index contributed by atoms with van der Waals surface area (Å²) < 4.78 is 38.6. The maximum Gasteiger partial charge on any atom is 0.343 e. The molecule has 2 aliphatic rings. The summed E-state index contributed by atoms with van der Waals surface area (Å²) in [4.78, 5) is 27.8. The van der Waals surface area contributed by atoms with Crippen molar-refractivity contribution in [3.05, 3.63) is 71.4 Å². The number of carbonyl (C=O) groups excluding carboxylic acids is 2. The molecule has 9 heteroatoms. The average Bonchev–Trinajstić information content (AvgIpc) is 2.81. The summed E-state index contributed by atoms with van der Waals surface area (Å²) in [5.41, 5.74) is 0.322. The fourth-order valence-electron chi connectivity index (χ4n) is 3.64. The highest BCUT2D eigenvalue weighted by Gasteiger charge is 2.42. The van der Waals surface area contributed by atoms with E-state index in [0.717, 1.165) is 4.31 Å². The van der Waals surface area contributed by atoms with Gasteiger partial charge >= 0.3 is 5.97 Å². The summed E-state index contributed by atoms with van der Waals surface area (Å²) in [6, 6.07) is 14.6. The molecule has 162 valence electrons. The van der Waals surface area contributed by atoms with Crippen molar-refractivity contribution in [2.45, 2.75) is 11.8 Å². The Morgan fingerprint density at radius 2 is 1.65 bits per heavy atom. The third-order valence-corrected chi connectivity index (χ3v) is 7.09. The molecule has 0 aliphatic carbocycles. The number of morpholine rings is 1. The van der Waals surface area contributed by atoms with Crippen LogP contribution in [0.1, 0.15) is 22.8 Å². The first-order valence-corrected chi connectivity index (χ1v) is 11.4. The first-order chi connectivity index (χ1) is 14.9. The van der Waals surface area contributed by atoms with Crippen molar-refractivity contribution in [1.82, 2.24) is 9.21 Å². The molecular weight excluding hydrogens is 420 g/mol. The normalized spacial score (nSPS) is 17.8. The van der Waals surface area contributed by atoms with Gasteiger partial charge < -0.3 is 14.4 Å². The smallest absolute Gasteiger partial charge is 0.343 e. The summed E-state index contributed by atoms with van der Waals surface area (Å²) in [6.45, 7) is 2.99. The quantitative estimate of drug-likeness (QED) is 0.674. The number of hydrogen-bond donors (Lipinski definition) is 0. The van der Waals surface area contributed by atoms with Gasteiger partial charge in [0.05, 0.1) is 23.7 Å². The van der Waals surface area contributed by atoms with Crippen molar-refractivity contribution >= 4 is 27.7 Å². The number of benzene rings is 2. The van der Waals surface area contributed by atoms with Gasteiger partial charge in [0, 0.05) is 25.2 Å². The Morgan fingerprint density at radius 1 is 1.00 bits per heavy atom. The van der Waals surface area contributed by atoms with Crippen molar-refractivity contribution < 1.29 is 27.5 Å². The summed E-state index contributed by atoms with van der Waals surface area (Å²) in [5.74, 6) is -1.25. The van der Waals surface area contributed by atoms with Crippen LogP contribution in [0.25, 0.3) is 5.76 Å². The zero-order chi connectivity index (χ0) is 22.0. The molecule has 0 spiro atoms. The van der Waals surface area contributed by atoms with Crippen molar-refractivity contribution in [3.63, 3.8) is 0 Å². The Labute approximate surface area is 180 Å². The zero-order valence-corrected chi connectivity index (χ0v) is 17.8. The highest BCUT2D eigenvalue weighted by molar-refractivity contribution is 7.89. The van der Waals surface area contributed by atoms with Gasteiger partial charge in [-0.2, -0.15) is 0 Å². The lowest BCUT2D eigenvalue weighted by Crippen LogP contribution is -2.47. The number of nitrogens with zero attached hydrogens (tertiary/aromatic N) is 2. The highest BCUT2D eigenvalue weighted by atomic mass is 32.2. The molecule has 1 fully saturated rings. The van der Waals surface area contributed by atoms with Crippen LogP contribution in [0.3, 0.4) is 0 Å². The lowest BCUT2D eigenvalue weighted by molar-refractivity contribution is -0.132. The van der Waals surface area contributed by atoms with Crippen LogP contribution >= 0.6 is 0 Å². The minimum Gasteiger partial charge on any atom is -0.420 e. The van der Waals surface area contributed by atoms with Crippen LogP contribution in [0.15, 0.2) is 65.2 Å². The van der Waals surface area contributed by atoms with Gasteiger partial charge in [0.1, 0.15) is 0 Å². The number of amides is 1. The number of fused-ring (bicyclic) bond motifs is 1. The fourth-order valence-corrected chi connectivity index (χ4v) is 5.30. The molecule has 2 aromatic carbocycles.